The summed E-state index contributed by atoms with van der Waals surface area (Å²) in [6.45, 7) is 4.25. The fourth-order valence-electron chi connectivity index (χ4n) is 2.35. The Labute approximate surface area is 95.6 Å². The summed E-state index contributed by atoms with van der Waals surface area (Å²) in [5, 5.41) is 14.6. The molecule has 0 bridgehead atoms. The molecule has 0 spiro atoms. The maximum Gasteiger partial charge on any atom is 0.124 e. The molecule has 2 aliphatic rings. The number of rotatable bonds is 4. The van der Waals surface area contributed by atoms with Gasteiger partial charge in [0.25, 0.3) is 0 Å². The second-order valence-electron chi connectivity index (χ2n) is 4.65. The summed E-state index contributed by atoms with van der Waals surface area (Å²) in [7, 11) is 0. The van der Waals surface area contributed by atoms with Gasteiger partial charge in [-0.3, -0.25) is 0 Å². The van der Waals surface area contributed by atoms with E-state index in [9.17, 15) is 0 Å². The van der Waals surface area contributed by atoms with E-state index in [0.717, 1.165) is 32.0 Å². The highest BCUT2D eigenvalue weighted by Gasteiger charge is 2.22. The maximum atomic E-state index is 4.38. The van der Waals surface area contributed by atoms with Crippen molar-refractivity contribution in [2.45, 2.75) is 24.9 Å². The van der Waals surface area contributed by atoms with Crippen LogP contribution in [0, 0.1) is 0 Å². The standard InChI is InChI=1S/C11H19N5/c1-2-9(13-4-1)6-14-11-3-5-15-16(11)10-7-12-8-10/h3,5,9-10,12-14H,1-2,4,6-8H2/t9-/m0/s1. The van der Waals surface area contributed by atoms with E-state index >= 15 is 0 Å². The Morgan fingerprint density at radius 1 is 1.50 bits per heavy atom. The fourth-order valence-corrected chi connectivity index (χ4v) is 2.35. The summed E-state index contributed by atoms with van der Waals surface area (Å²) >= 11 is 0. The van der Waals surface area contributed by atoms with Gasteiger partial charge >= 0.3 is 0 Å². The molecular formula is C11H19N5. The van der Waals surface area contributed by atoms with Gasteiger partial charge in [-0.2, -0.15) is 5.10 Å². The van der Waals surface area contributed by atoms with E-state index in [1.54, 1.807) is 0 Å². The predicted octanol–water partition coefficient (Wildman–Crippen LogP) is 0.191. The Bertz CT molecular complexity index is 338. The minimum absolute atomic E-state index is 0.536. The average Bonchev–Trinajstić information content (AvgIpc) is 2.82. The molecule has 1 atom stereocenters. The van der Waals surface area contributed by atoms with Crippen LogP contribution < -0.4 is 16.0 Å². The van der Waals surface area contributed by atoms with E-state index in [1.165, 1.54) is 12.8 Å². The smallest absolute Gasteiger partial charge is 0.124 e. The molecule has 2 saturated heterocycles. The summed E-state index contributed by atoms with van der Waals surface area (Å²) in [5.41, 5.74) is 0. The third kappa shape index (κ3) is 1.92. The van der Waals surface area contributed by atoms with Gasteiger partial charge in [0.2, 0.25) is 0 Å². The summed E-state index contributed by atoms with van der Waals surface area (Å²) in [5.74, 6) is 1.15. The van der Waals surface area contributed by atoms with E-state index in [-0.39, 0.29) is 0 Å². The molecule has 3 rings (SSSR count). The summed E-state index contributed by atoms with van der Waals surface area (Å²) in [6, 6.07) is 3.23. The lowest BCUT2D eigenvalue weighted by molar-refractivity contribution is 0.321. The molecule has 1 aromatic rings. The second-order valence-corrected chi connectivity index (χ2v) is 4.65. The number of anilines is 1. The van der Waals surface area contributed by atoms with Crippen molar-refractivity contribution in [1.82, 2.24) is 20.4 Å². The molecule has 16 heavy (non-hydrogen) atoms. The zero-order valence-electron chi connectivity index (χ0n) is 9.45. The van der Waals surface area contributed by atoms with Crippen molar-refractivity contribution in [3.05, 3.63) is 12.3 Å². The highest BCUT2D eigenvalue weighted by Crippen LogP contribution is 2.17. The highest BCUT2D eigenvalue weighted by molar-refractivity contribution is 5.35. The Morgan fingerprint density at radius 2 is 2.44 bits per heavy atom. The molecule has 1 aromatic heterocycles. The summed E-state index contributed by atoms with van der Waals surface area (Å²) < 4.78 is 2.10. The largest absolute Gasteiger partial charge is 0.369 e. The van der Waals surface area contributed by atoms with Crippen LogP contribution in [-0.2, 0) is 0 Å². The monoisotopic (exact) mass is 221 g/mol. The minimum Gasteiger partial charge on any atom is -0.369 e. The second kappa shape index (κ2) is 4.43. The average molecular weight is 221 g/mol. The Morgan fingerprint density at radius 3 is 3.12 bits per heavy atom. The molecule has 2 aliphatic heterocycles. The molecule has 0 unspecified atom stereocenters. The van der Waals surface area contributed by atoms with E-state index in [0.29, 0.717) is 12.1 Å². The first kappa shape index (κ1) is 10.1. The van der Waals surface area contributed by atoms with Crippen molar-refractivity contribution >= 4 is 5.82 Å². The zero-order valence-corrected chi connectivity index (χ0v) is 9.45. The van der Waals surface area contributed by atoms with E-state index in [4.69, 9.17) is 0 Å². The Hall–Kier alpha value is -1.07. The van der Waals surface area contributed by atoms with Crippen molar-refractivity contribution < 1.29 is 0 Å². The van der Waals surface area contributed by atoms with Gasteiger partial charge in [-0.25, -0.2) is 4.68 Å². The van der Waals surface area contributed by atoms with Crippen LogP contribution >= 0.6 is 0 Å². The van der Waals surface area contributed by atoms with Gasteiger partial charge < -0.3 is 16.0 Å². The number of hydrogen-bond donors (Lipinski definition) is 3. The van der Waals surface area contributed by atoms with Gasteiger partial charge in [-0.15, -0.1) is 0 Å². The highest BCUT2D eigenvalue weighted by atomic mass is 15.4. The van der Waals surface area contributed by atoms with Crippen molar-refractivity contribution in [1.29, 1.82) is 0 Å². The van der Waals surface area contributed by atoms with E-state index < -0.39 is 0 Å². The SMILES string of the molecule is c1cc(NC[C@@H]2CCCN2)n(C2CNC2)n1. The topological polar surface area (TPSA) is 53.9 Å². The molecule has 5 heteroatoms. The number of hydrogen-bond acceptors (Lipinski definition) is 4. The van der Waals surface area contributed by atoms with Gasteiger partial charge in [0, 0.05) is 31.7 Å². The lowest BCUT2D eigenvalue weighted by atomic mass is 10.2. The molecular weight excluding hydrogens is 202 g/mol. The molecule has 0 aliphatic carbocycles. The molecule has 0 amide bonds. The lowest BCUT2D eigenvalue weighted by Crippen LogP contribution is -2.44. The molecule has 0 radical (unpaired) electrons. The van der Waals surface area contributed by atoms with Crippen molar-refractivity contribution in [2.24, 2.45) is 0 Å². The first-order valence-electron chi connectivity index (χ1n) is 6.15. The third-order valence-corrected chi connectivity index (χ3v) is 3.47. The molecule has 5 nitrogen and oxygen atoms in total. The van der Waals surface area contributed by atoms with Crippen LogP contribution in [0.1, 0.15) is 18.9 Å². The first-order valence-corrected chi connectivity index (χ1v) is 6.15. The molecule has 0 saturated carbocycles. The third-order valence-electron chi connectivity index (χ3n) is 3.47. The summed E-state index contributed by atoms with van der Waals surface area (Å²) in [4.78, 5) is 0. The minimum atomic E-state index is 0.536. The molecule has 0 aromatic carbocycles. The molecule has 3 N–H and O–H groups in total. The van der Waals surface area contributed by atoms with Crippen LogP contribution in [0.5, 0.6) is 0 Å². The van der Waals surface area contributed by atoms with Crippen LogP contribution in [-0.4, -0.2) is 42.0 Å². The van der Waals surface area contributed by atoms with Crippen LogP contribution in [0.2, 0.25) is 0 Å². The quantitative estimate of drug-likeness (QED) is 0.679. The van der Waals surface area contributed by atoms with Crippen LogP contribution in [0.4, 0.5) is 5.82 Å². The Balaban J connectivity index is 1.58. The van der Waals surface area contributed by atoms with E-state index in [2.05, 4.69) is 31.8 Å². The Kier molecular flexibility index (Phi) is 2.80. The predicted molar refractivity (Wildman–Crippen MR) is 63.6 cm³/mol. The fraction of sp³-hybridized carbons (Fsp3) is 0.727. The van der Waals surface area contributed by atoms with Gasteiger partial charge in [0.1, 0.15) is 5.82 Å². The zero-order chi connectivity index (χ0) is 10.8. The van der Waals surface area contributed by atoms with Crippen molar-refractivity contribution in [3.63, 3.8) is 0 Å². The van der Waals surface area contributed by atoms with Gasteiger partial charge in [0.15, 0.2) is 0 Å². The van der Waals surface area contributed by atoms with Gasteiger partial charge in [-0.05, 0) is 19.4 Å². The number of nitrogens with one attached hydrogen (secondary N) is 3. The van der Waals surface area contributed by atoms with Gasteiger partial charge in [0.05, 0.1) is 12.2 Å². The summed E-state index contributed by atoms with van der Waals surface area (Å²) in [6.07, 6.45) is 4.47. The number of nitrogens with zero attached hydrogens (tertiary/aromatic N) is 2. The van der Waals surface area contributed by atoms with Crippen LogP contribution in [0.25, 0.3) is 0 Å². The molecule has 88 valence electrons. The number of aromatic nitrogens is 2. The van der Waals surface area contributed by atoms with Crippen LogP contribution in [0.15, 0.2) is 12.3 Å². The van der Waals surface area contributed by atoms with Crippen LogP contribution in [0.3, 0.4) is 0 Å². The van der Waals surface area contributed by atoms with Crippen molar-refractivity contribution in [2.75, 3.05) is 31.5 Å². The normalized spacial score (nSPS) is 25.6. The molecule has 2 fully saturated rings. The van der Waals surface area contributed by atoms with Gasteiger partial charge in [-0.1, -0.05) is 0 Å². The maximum absolute atomic E-state index is 4.38. The first-order chi connectivity index (χ1) is 7.93. The van der Waals surface area contributed by atoms with Crippen molar-refractivity contribution in [3.8, 4) is 0 Å². The lowest BCUT2D eigenvalue weighted by Gasteiger charge is -2.29. The van der Waals surface area contributed by atoms with E-state index in [1.807, 2.05) is 6.20 Å². The molecule has 3 heterocycles.